The minimum absolute atomic E-state index is 0.0728. The molecule has 166 valence electrons. The molecule has 1 unspecified atom stereocenters. The van der Waals surface area contributed by atoms with Crippen molar-refractivity contribution in [3.63, 3.8) is 0 Å². The van der Waals surface area contributed by atoms with Crippen LogP contribution < -0.4 is 15.4 Å². The third-order valence-electron chi connectivity index (χ3n) is 4.63. The van der Waals surface area contributed by atoms with Crippen LogP contribution in [0.15, 0.2) is 77.4 Å². The van der Waals surface area contributed by atoms with E-state index >= 15 is 0 Å². The van der Waals surface area contributed by atoms with Gasteiger partial charge in [-0.3, -0.25) is 14.4 Å². The Kier molecular flexibility index (Phi) is 7.64. The number of carbonyl (C=O) groups is 3. The van der Waals surface area contributed by atoms with Gasteiger partial charge in [0.2, 0.25) is 5.91 Å². The first-order chi connectivity index (χ1) is 15.4. The second-order valence-corrected chi connectivity index (χ2v) is 7.28. The van der Waals surface area contributed by atoms with Crippen LogP contribution in [0, 0.1) is 0 Å². The Morgan fingerprint density at radius 1 is 0.969 bits per heavy atom. The number of carbonyl (C=O) groups excluding carboxylic acids is 3. The quantitative estimate of drug-likeness (QED) is 0.538. The van der Waals surface area contributed by atoms with Crippen LogP contribution in [0.3, 0.4) is 0 Å². The first kappa shape index (κ1) is 22.6. The van der Waals surface area contributed by atoms with Gasteiger partial charge in [0.15, 0.2) is 12.4 Å². The van der Waals surface area contributed by atoms with Crippen molar-refractivity contribution in [2.24, 2.45) is 0 Å². The highest BCUT2D eigenvalue weighted by Gasteiger charge is 2.23. The van der Waals surface area contributed by atoms with Crippen molar-refractivity contribution in [2.75, 3.05) is 26.0 Å². The zero-order valence-electron chi connectivity index (χ0n) is 17.9. The van der Waals surface area contributed by atoms with E-state index < -0.39 is 11.9 Å². The van der Waals surface area contributed by atoms with Gasteiger partial charge in [-0.1, -0.05) is 30.3 Å². The Balaban J connectivity index is 1.66. The summed E-state index contributed by atoms with van der Waals surface area (Å²) >= 11 is 0. The van der Waals surface area contributed by atoms with Crippen molar-refractivity contribution in [1.82, 2.24) is 10.2 Å². The Morgan fingerprint density at radius 3 is 2.31 bits per heavy atom. The molecule has 2 aromatic carbocycles. The second-order valence-electron chi connectivity index (χ2n) is 7.28. The molecule has 0 spiro atoms. The minimum Gasteiger partial charge on any atom is -0.484 e. The van der Waals surface area contributed by atoms with E-state index in [1.54, 1.807) is 44.4 Å². The molecule has 0 radical (unpaired) electrons. The predicted molar refractivity (Wildman–Crippen MR) is 119 cm³/mol. The second kappa shape index (κ2) is 10.8. The summed E-state index contributed by atoms with van der Waals surface area (Å²) in [6, 6.07) is 18.4. The molecule has 0 aliphatic carbocycles. The number of rotatable bonds is 9. The summed E-state index contributed by atoms with van der Waals surface area (Å²) in [5.41, 5.74) is 1.44. The number of hydrogen-bond donors (Lipinski definition) is 2. The molecule has 8 heteroatoms. The van der Waals surface area contributed by atoms with Gasteiger partial charge in [0.1, 0.15) is 11.8 Å². The number of benzene rings is 2. The molecular formula is C24H25N3O5. The topological polar surface area (TPSA) is 101 Å². The van der Waals surface area contributed by atoms with Gasteiger partial charge < -0.3 is 24.7 Å². The molecule has 3 amide bonds. The normalized spacial score (nSPS) is 11.3. The lowest BCUT2D eigenvalue weighted by molar-refractivity contribution is -0.130. The smallest absolute Gasteiger partial charge is 0.287 e. The summed E-state index contributed by atoms with van der Waals surface area (Å²) in [6.07, 6.45) is 1.71. The van der Waals surface area contributed by atoms with Crippen molar-refractivity contribution in [3.05, 3.63) is 84.3 Å². The molecule has 0 saturated carbocycles. The van der Waals surface area contributed by atoms with Gasteiger partial charge in [0.25, 0.3) is 11.8 Å². The molecule has 32 heavy (non-hydrogen) atoms. The Hall–Kier alpha value is -4.07. The number of amides is 3. The fraction of sp³-hybridized carbons (Fsp3) is 0.208. The minimum atomic E-state index is -0.816. The van der Waals surface area contributed by atoms with E-state index in [4.69, 9.17) is 9.15 Å². The summed E-state index contributed by atoms with van der Waals surface area (Å²) in [5, 5.41) is 5.54. The van der Waals surface area contributed by atoms with Gasteiger partial charge in [0, 0.05) is 26.2 Å². The lowest BCUT2D eigenvalue weighted by atomic mass is 10.0. The molecule has 8 nitrogen and oxygen atoms in total. The van der Waals surface area contributed by atoms with Crippen LogP contribution in [-0.2, 0) is 16.0 Å². The van der Waals surface area contributed by atoms with E-state index in [2.05, 4.69) is 10.6 Å². The highest BCUT2D eigenvalue weighted by molar-refractivity contribution is 6.00. The molecule has 3 aromatic rings. The Morgan fingerprint density at radius 2 is 1.69 bits per heavy atom. The summed E-state index contributed by atoms with van der Waals surface area (Å²) in [6.45, 7) is -0.0728. The molecule has 1 aromatic heterocycles. The average Bonchev–Trinajstić information content (AvgIpc) is 3.33. The molecule has 2 N–H and O–H groups in total. The highest BCUT2D eigenvalue weighted by Crippen LogP contribution is 2.17. The number of nitrogens with zero attached hydrogens (tertiary/aromatic N) is 1. The highest BCUT2D eigenvalue weighted by atomic mass is 16.5. The first-order valence-corrected chi connectivity index (χ1v) is 10.0. The summed E-state index contributed by atoms with van der Waals surface area (Å²) < 4.78 is 10.6. The van der Waals surface area contributed by atoms with Gasteiger partial charge in [-0.15, -0.1) is 0 Å². The fourth-order valence-electron chi connectivity index (χ4n) is 2.83. The molecule has 0 aliphatic heterocycles. The number of ether oxygens (including phenoxy) is 1. The Labute approximate surface area is 186 Å². The van der Waals surface area contributed by atoms with Crippen molar-refractivity contribution in [2.45, 2.75) is 12.5 Å². The average molecular weight is 435 g/mol. The zero-order chi connectivity index (χ0) is 22.9. The number of hydrogen-bond acceptors (Lipinski definition) is 5. The maximum atomic E-state index is 13.0. The number of furan rings is 1. The molecule has 3 rings (SSSR count). The zero-order valence-corrected chi connectivity index (χ0v) is 17.9. The fourth-order valence-corrected chi connectivity index (χ4v) is 2.83. The van der Waals surface area contributed by atoms with Crippen LogP contribution in [-0.4, -0.2) is 49.4 Å². The van der Waals surface area contributed by atoms with Gasteiger partial charge >= 0.3 is 0 Å². The van der Waals surface area contributed by atoms with E-state index in [1.807, 2.05) is 30.3 Å². The molecule has 0 saturated heterocycles. The van der Waals surface area contributed by atoms with Crippen LogP contribution in [0.5, 0.6) is 5.75 Å². The van der Waals surface area contributed by atoms with E-state index in [0.717, 1.165) is 5.56 Å². The van der Waals surface area contributed by atoms with Crippen molar-refractivity contribution >= 4 is 23.4 Å². The maximum Gasteiger partial charge on any atom is 0.287 e. The third kappa shape index (κ3) is 6.46. The third-order valence-corrected chi connectivity index (χ3v) is 4.63. The van der Waals surface area contributed by atoms with Crippen LogP contribution >= 0.6 is 0 Å². The molecular weight excluding hydrogens is 410 g/mol. The molecule has 1 heterocycles. The van der Waals surface area contributed by atoms with E-state index in [9.17, 15) is 14.4 Å². The SMILES string of the molecule is CN(C)C(=O)COc1ccc(NC(=O)C(Cc2ccccc2)NC(=O)c2ccco2)cc1. The summed E-state index contributed by atoms with van der Waals surface area (Å²) in [5.74, 6) is -0.362. The van der Waals surface area contributed by atoms with Crippen molar-refractivity contribution in [1.29, 1.82) is 0 Å². The number of anilines is 1. The Bertz CT molecular complexity index is 1030. The van der Waals surface area contributed by atoms with E-state index in [-0.39, 0.29) is 24.2 Å². The van der Waals surface area contributed by atoms with Crippen LogP contribution in [0.1, 0.15) is 16.1 Å². The molecule has 1 atom stereocenters. The number of nitrogens with one attached hydrogen (secondary N) is 2. The molecule has 0 bridgehead atoms. The lowest BCUT2D eigenvalue weighted by Crippen LogP contribution is -2.45. The predicted octanol–water partition coefficient (Wildman–Crippen LogP) is 2.73. The largest absolute Gasteiger partial charge is 0.484 e. The van der Waals surface area contributed by atoms with Crippen LogP contribution in [0.2, 0.25) is 0 Å². The maximum absolute atomic E-state index is 13.0. The van der Waals surface area contributed by atoms with Crippen LogP contribution in [0.4, 0.5) is 5.69 Å². The molecule has 0 fully saturated rings. The molecule has 0 aliphatic rings. The number of likely N-dealkylation sites (N-methyl/N-ethyl adjacent to an activating group) is 1. The standard InChI is InChI=1S/C24H25N3O5/c1-27(2)22(28)16-32-19-12-10-18(11-13-19)25-23(29)20(15-17-7-4-3-5-8-17)26-24(30)21-9-6-14-31-21/h3-14,20H,15-16H2,1-2H3,(H,25,29)(H,26,30). The van der Waals surface area contributed by atoms with Gasteiger partial charge in [-0.2, -0.15) is 0 Å². The monoisotopic (exact) mass is 435 g/mol. The van der Waals surface area contributed by atoms with E-state index in [0.29, 0.717) is 17.9 Å². The van der Waals surface area contributed by atoms with Crippen molar-refractivity contribution in [3.8, 4) is 5.75 Å². The van der Waals surface area contributed by atoms with Gasteiger partial charge in [-0.25, -0.2) is 0 Å². The summed E-state index contributed by atoms with van der Waals surface area (Å²) in [7, 11) is 3.31. The van der Waals surface area contributed by atoms with Gasteiger partial charge in [-0.05, 0) is 42.0 Å². The van der Waals surface area contributed by atoms with Gasteiger partial charge in [0.05, 0.1) is 6.26 Å². The van der Waals surface area contributed by atoms with Crippen LogP contribution in [0.25, 0.3) is 0 Å². The summed E-state index contributed by atoms with van der Waals surface area (Å²) in [4.78, 5) is 38.5. The first-order valence-electron chi connectivity index (χ1n) is 10.0. The van der Waals surface area contributed by atoms with Crippen molar-refractivity contribution < 1.29 is 23.5 Å². The van der Waals surface area contributed by atoms with E-state index in [1.165, 1.54) is 17.2 Å². The lowest BCUT2D eigenvalue weighted by Gasteiger charge is -2.18.